The fourth-order valence-corrected chi connectivity index (χ4v) is 4.08. The van der Waals surface area contributed by atoms with Crippen LogP contribution < -0.4 is 9.64 Å². The van der Waals surface area contributed by atoms with Gasteiger partial charge in [-0.25, -0.2) is 0 Å². The summed E-state index contributed by atoms with van der Waals surface area (Å²) in [5, 5.41) is 9.78. The molecule has 160 valence electrons. The van der Waals surface area contributed by atoms with E-state index in [1.54, 1.807) is 17.0 Å². The number of aliphatic carboxylic acids is 1. The van der Waals surface area contributed by atoms with Gasteiger partial charge in [0.2, 0.25) is 0 Å². The van der Waals surface area contributed by atoms with Gasteiger partial charge in [0.1, 0.15) is 17.9 Å². The molecule has 0 fully saturated rings. The van der Waals surface area contributed by atoms with Gasteiger partial charge in [-0.3, -0.25) is 9.59 Å². The Hall–Kier alpha value is -4.06. The number of amides is 1. The number of carboxylic acids is 1. The van der Waals surface area contributed by atoms with E-state index in [9.17, 15) is 9.59 Å². The number of hydrogen-bond acceptors (Lipinski definition) is 4. The summed E-state index contributed by atoms with van der Waals surface area (Å²) in [7, 11) is 0. The summed E-state index contributed by atoms with van der Waals surface area (Å²) in [6, 6.07) is 19.0. The third kappa shape index (κ3) is 3.60. The zero-order valence-corrected chi connectivity index (χ0v) is 17.5. The average Bonchev–Trinajstić information content (AvgIpc) is 3.33. The van der Waals surface area contributed by atoms with E-state index < -0.39 is 5.97 Å². The quantitative estimate of drug-likeness (QED) is 0.463. The average molecular weight is 427 g/mol. The molecule has 0 saturated heterocycles. The Morgan fingerprint density at radius 2 is 1.91 bits per heavy atom. The molecule has 0 spiro atoms. The first-order chi connectivity index (χ1) is 15.5. The summed E-state index contributed by atoms with van der Waals surface area (Å²) in [6.07, 6.45) is 1.38. The molecule has 0 saturated carbocycles. The van der Waals surface area contributed by atoms with Crippen LogP contribution in [0, 0.1) is 6.92 Å². The van der Waals surface area contributed by atoms with E-state index in [4.69, 9.17) is 14.3 Å². The molecular weight excluding hydrogens is 406 g/mol. The van der Waals surface area contributed by atoms with E-state index in [0.717, 1.165) is 27.8 Å². The number of hydrogen-bond donors (Lipinski definition) is 1. The van der Waals surface area contributed by atoms with Gasteiger partial charge in [0.15, 0.2) is 0 Å². The van der Waals surface area contributed by atoms with Gasteiger partial charge in [0, 0.05) is 28.3 Å². The first kappa shape index (κ1) is 19.9. The topological polar surface area (TPSA) is 80.0 Å². The molecule has 32 heavy (non-hydrogen) atoms. The highest BCUT2D eigenvalue weighted by molar-refractivity contribution is 6.10. The van der Waals surface area contributed by atoms with E-state index in [1.165, 1.54) is 6.26 Å². The van der Waals surface area contributed by atoms with Gasteiger partial charge in [-0.05, 0) is 48.4 Å². The van der Waals surface area contributed by atoms with Crippen molar-refractivity contribution in [2.24, 2.45) is 0 Å². The molecule has 0 aliphatic carbocycles. The highest BCUT2D eigenvalue weighted by Crippen LogP contribution is 2.32. The summed E-state index contributed by atoms with van der Waals surface area (Å²) < 4.78 is 11.5. The summed E-state index contributed by atoms with van der Waals surface area (Å²) in [4.78, 5) is 25.7. The first-order valence-corrected chi connectivity index (χ1v) is 10.3. The molecule has 0 atom stereocenters. The van der Waals surface area contributed by atoms with Crippen LogP contribution in [0.5, 0.6) is 5.75 Å². The summed E-state index contributed by atoms with van der Waals surface area (Å²) in [5.74, 6) is -0.292. The maximum absolute atomic E-state index is 13.0. The highest BCUT2D eigenvalue weighted by atomic mass is 16.5. The monoisotopic (exact) mass is 427 g/mol. The third-order valence-electron chi connectivity index (χ3n) is 5.77. The minimum Gasteiger partial charge on any atom is -0.489 e. The number of nitrogens with zero attached hydrogens (tertiary/aromatic N) is 1. The number of carbonyl (C=O) groups excluding carboxylic acids is 1. The van der Waals surface area contributed by atoms with Gasteiger partial charge in [-0.2, -0.15) is 0 Å². The lowest BCUT2D eigenvalue weighted by molar-refractivity contribution is -0.136. The third-order valence-corrected chi connectivity index (χ3v) is 5.77. The highest BCUT2D eigenvalue weighted by Gasteiger charge is 2.30. The van der Waals surface area contributed by atoms with Crippen LogP contribution >= 0.6 is 0 Å². The van der Waals surface area contributed by atoms with Crippen LogP contribution in [0.25, 0.3) is 11.0 Å². The van der Waals surface area contributed by atoms with Gasteiger partial charge in [0.25, 0.3) is 5.91 Å². The minimum atomic E-state index is -0.903. The van der Waals surface area contributed by atoms with Crippen LogP contribution in [0.1, 0.15) is 32.6 Å². The van der Waals surface area contributed by atoms with E-state index >= 15 is 0 Å². The second-order valence-electron chi connectivity index (χ2n) is 7.95. The molecule has 6 nitrogen and oxygen atoms in total. The normalized spacial score (nSPS) is 12.9. The molecule has 1 aromatic heterocycles. The first-order valence-electron chi connectivity index (χ1n) is 10.3. The number of anilines is 1. The van der Waals surface area contributed by atoms with Gasteiger partial charge in [-0.1, -0.05) is 29.8 Å². The standard InChI is InChI=1S/C26H21NO5/c1-16-5-7-19(8-6-16)27-13-23-17(3-2-4-22(23)26(27)30)14-31-20-9-10-21-18(11-25(28)29)15-32-24(21)12-20/h2-10,12,15H,11,13-14H2,1H3,(H,28,29). The number of carbonyl (C=O) groups is 2. The molecule has 1 aliphatic heterocycles. The number of rotatable bonds is 6. The number of ether oxygens (including phenoxy) is 1. The van der Waals surface area contributed by atoms with Gasteiger partial charge < -0.3 is 19.2 Å². The zero-order chi connectivity index (χ0) is 22.2. The van der Waals surface area contributed by atoms with Crippen molar-refractivity contribution in [3.63, 3.8) is 0 Å². The van der Waals surface area contributed by atoms with Crippen LogP contribution in [-0.4, -0.2) is 17.0 Å². The van der Waals surface area contributed by atoms with Crippen LogP contribution in [0.4, 0.5) is 5.69 Å². The molecule has 2 heterocycles. The Morgan fingerprint density at radius 3 is 2.69 bits per heavy atom. The van der Waals surface area contributed by atoms with Gasteiger partial charge >= 0.3 is 5.97 Å². The van der Waals surface area contributed by atoms with Crippen molar-refractivity contribution in [1.29, 1.82) is 0 Å². The molecule has 0 radical (unpaired) electrons. The Bertz CT molecular complexity index is 1340. The number of fused-ring (bicyclic) bond motifs is 2. The Kier molecular flexibility index (Phi) is 4.90. The molecule has 1 amide bonds. The number of carboxylic acid groups (broad SMARTS) is 1. The van der Waals surface area contributed by atoms with Gasteiger partial charge in [0.05, 0.1) is 19.2 Å². The Balaban J connectivity index is 1.35. The van der Waals surface area contributed by atoms with E-state index in [1.807, 2.05) is 55.5 Å². The maximum Gasteiger partial charge on any atom is 0.307 e. The minimum absolute atomic E-state index is 0.00586. The molecule has 0 bridgehead atoms. The van der Waals surface area contributed by atoms with Gasteiger partial charge in [-0.15, -0.1) is 0 Å². The lowest BCUT2D eigenvalue weighted by atomic mass is 10.0. The van der Waals surface area contributed by atoms with Crippen LogP contribution in [-0.2, 0) is 24.4 Å². The molecule has 0 unspecified atom stereocenters. The van der Waals surface area contributed by atoms with Crippen LogP contribution in [0.2, 0.25) is 0 Å². The molecule has 5 rings (SSSR count). The fourth-order valence-electron chi connectivity index (χ4n) is 4.08. The van der Waals surface area contributed by atoms with Crippen molar-refractivity contribution < 1.29 is 23.8 Å². The number of furan rings is 1. The van der Waals surface area contributed by atoms with Crippen molar-refractivity contribution in [3.05, 3.63) is 94.7 Å². The Labute approximate surface area is 184 Å². The van der Waals surface area contributed by atoms with Crippen LogP contribution in [0.15, 0.2) is 71.3 Å². The molecular formula is C26H21NO5. The molecule has 1 N–H and O–H groups in total. The Morgan fingerprint density at radius 1 is 1.09 bits per heavy atom. The van der Waals surface area contributed by atoms with Crippen molar-refractivity contribution in [3.8, 4) is 5.75 Å². The maximum atomic E-state index is 13.0. The fraction of sp³-hybridized carbons (Fsp3) is 0.154. The predicted octanol–water partition coefficient (Wildman–Crippen LogP) is 5.11. The van der Waals surface area contributed by atoms with Crippen molar-refractivity contribution in [1.82, 2.24) is 0 Å². The number of aryl methyl sites for hydroxylation is 1. The summed E-state index contributed by atoms with van der Waals surface area (Å²) >= 11 is 0. The molecule has 6 heteroatoms. The van der Waals surface area contributed by atoms with Crippen molar-refractivity contribution >= 4 is 28.5 Å². The molecule has 1 aliphatic rings. The van der Waals surface area contributed by atoms with E-state index in [2.05, 4.69) is 0 Å². The predicted molar refractivity (Wildman–Crippen MR) is 120 cm³/mol. The summed E-state index contributed by atoms with van der Waals surface area (Å²) in [6.45, 7) is 2.84. The van der Waals surface area contributed by atoms with E-state index in [-0.39, 0.29) is 12.3 Å². The largest absolute Gasteiger partial charge is 0.489 e. The molecule has 3 aromatic carbocycles. The number of benzene rings is 3. The summed E-state index contributed by atoms with van der Waals surface area (Å²) in [5.41, 5.74) is 5.87. The molecule has 4 aromatic rings. The lowest BCUT2D eigenvalue weighted by Gasteiger charge is -2.16. The van der Waals surface area contributed by atoms with Crippen molar-refractivity contribution in [2.45, 2.75) is 26.5 Å². The smallest absolute Gasteiger partial charge is 0.307 e. The van der Waals surface area contributed by atoms with Crippen LogP contribution in [0.3, 0.4) is 0 Å². The lowest BCUT2D eigenvalue weighted by Crippen LogP contribution is -2.22. The zero-order valence-electron chi connectivity index (χ0n) is 17.5. The van der Waals surface area contributed by atoms with Crippen molar-refractivity contribution in [2.75, 3.05) is 4.90 Å². The second-order valence-corrected chi connectivity index (χ2v) is 7.95. The second kappa shape index (κ2) is 7.89. The SMILES string of the molecule is Cc1ccc(N2Cc3c(COc4ccc5c(CC(=O)O)coc5c4)cccc3C2=O)cc1. The van der Waals surface area contributed by atoms with E-state index in [0.29, 0.717) is 35.6 Å².